The molecule has 0 saturated carbocycles. The van der Waals surface area contributed by atoms with Crippen molar-refractivity contribution >= 4 is 21.8 Å². The maximum Gasteiger partial charge on any atom is 0.243 e. The van der Waals surface area contributed by atoms with Crippen LogP contribution in [0.4, 0.5) is 0 Å². The maximum absolute atomic E-state index is 13.4. The highest BCUT2D eigenvalue weighted by Gasteiger charge is 2.32. The number of likely N-dealkylation sites (N-methyl/N-ethyl adjacent to an activating group) is 1. The fraction of sp³-hybridized carbons (Fsp3) is 0.440. The van der Waals surface area contributed by atoms with Gasteiger partial charge in [0.15, 0.2) is 0 Å². The van der Waals surface area contributed by atoms with Crippen molar-refractivity contribution in [3.05, 3.63) is 65.2 Å². The zero-order valence-electron chi connectivity index (χ0n) is 20.3. The lowest BCUT2D eigenvalue weighted by Gasteiger charge is -2.32. The molecule has 0 aliphatic carbocycles. The Morgan fingerprint density at radius 2 is 1.45 bits per heavy atom. The first kappa shape index (κ1) is 26.5. The van der Waals surface area contributed by atoms with E-state index >= 15 is 0 Å². The van der Waals surface area contributed by atoms with Gasteiger partial charge in [-0.3, -0.25) is 9.59 Å². The van der Waals surface area contributed by atoms with E-state index in [4.69, 9.17) is 0 Å². The molecule has 2 rings (SSSR count). The van der Waals surface area contributed by atoms with Crippen LogP contribution in [-0.2, 0) is 26.2 Å². The minimum atomic E-state index is -3.85. The van der Waals surface area contributed by atoms with Crippen molar-refractivity contribution in [2.24, 2.45) is 0 Å². The molecule has 8 heteroatoms. The quantitative estimate of drug-likeness (QED) is 0.574. The average Bonchev–Trinajstić information content (AvgIpc) is 2.74. The topological polar surface area (TPSA) is 86.8 Å². The molecule has 0 aromatic heterocycles. The van der Waals surface area contributed by atoms with Crippen molar-refractivity contribution in [3.8, 4) is 0 Å². The highest BCUT2D eigenvalue weighted by atomic mass is 32.2. The summed E-state index contributed by atoms with van der Waals surface area (Å²) in [6.45, 7) is 9.25. The molecule has 2 aromatic rings. The summed E-state index contributed by atoms with van der Waals surface area (Å²) in [4.78, 5) is 27.9. The Morgan fingerprint density at radius 3 is 1.94 bits per heavy atom. The summed E-state index contributed by atoms with van der Waals surface area (Å²) in [5, 5.41) is 2.87. The van der Waals surface area contributed by atoms with E-state index in [1.54, 1.807) is 12.1 Å². The summed E-state index contributed by atoms with van der Waals surface area (Å²) >= 11 is 0. The van der Waals surface area contributed by atoms with E-state index in [1.165, 1.54) is 24.1 Å². The molecule has 180 valence electrons. The number of nitrogens with zero attached hydrogens (tertiary/aromatic N) is 2. The molecule has 0 aliphatic rings. The van der Waals surface area contributed by atoms with Crippen LogP contribution in [0.15, 0.2) is 53.4 Å². The first-order valence-electron chi connectivity index (χ1n) is 11.1. The van der Waals surface area contributed by atoms with Crippen molar-refractivity contribution in [2.45, 2.75) is 64.6 Å². The van der Waals surface area contributed by atoms with Crippen LogP contribution in [0.2, 0.25) is 0 Å². The molecule has 0 spiro atoms. The molecule has 0 unspecified atom stereocenters. The van der Waals surface area contributed by atoms with E-state index < -0.39 is 22.0 Å². The van der Waals surface area contributed by atoms with Crippen LogP contribution in [0.5, 0.6) is 0 Å². The zero-order chi connectivity index (χ0) is 24.8. The van der Waals surface area contributed by atoms with E-state index in [0.29, 0.717) is 6.42 Å². The predicted octanol–water partition coefficient (Wildman–Crippen LogP) is 3.26. The first-order valence-corrected chi connectivity index (χ1v) is 12.6. The largest absolute Gasteiger partial charge is 0.352 e. The second-order valence-corrected chi connectivity index (χ2v) is 10.7. The molecule has 33 heavy (non-hydrogen) atoms. The van der Waals surface area contributed by atoms with E-state index in [0.717, 1.165) is 21.0 Å². The Hall–Kier alpha value is -2.71. The van der Waals surface area contributed by atoms with Crippen LogP contribution >= 0.6 is 0 Å². The molecule has 0 fully saturated rings. The Bertz CT molecular complexity index is 1050. The summed E-state index contributed by atoms with van der Waals surface area (Å²) in [5.74, 6) is -0.684. The van der Waals surface area contributed by atoms with E-state index in [1.807, 2.05) is 58.9 Å². The van der Waals surface area contributed by atoms with Crippen molar-refractivity contribution in [1.29, 1.82) is 0 Å². The molecule has 0 heterocycles. The van der Waals surface area contributed by atoms with E-state index in [9.17, 15) is 18.0 Å². The molecule has 0 radical (unpaired) electrons. The Labute approximate surface area is 197 Å². The zero-order valence-corrected chi connectivity index (χ0v) is 21.1. The van der Waals surface area contributed by atoms with Crippen LogP contribution in [-0.4, -0.2) is 55.1 Å². The van der Waals surface area contributed by atoms with Crippen molar-refractivity contribution in [3.63, 3.8) is 0 Å². The van der Waals surface area contributed by atoms with Gasteiger partial charge in [-0.15, -0.1) is 0 Å². The number of hydrogen-bond donors (Lipinski definition) is 1. The summed E-state index contributed by atoms with van der Waals surface area (Å²) in [7, 11) is -2.47. The Kier molecular flexibility index (Phi) is 9.19. The summed E-state index contributed by atoms with van der Waals surface area (Å²) < 4.78 is 27.0. The van der Waals surface area contributed by atoms with Crippen LogP contribution in [0.3, 0.4) is 0 Å². The van der Waals surface area contributed by atoms with Gasteiger partial charge in [-0.2, -0.15) is 4.31 Å². The number of carbonyl (C=O) groups is 2. The molecule has 2 amide bonds. The number of benzene rings is 2. The minimum Gasteiger partial charge on any atom is -0.352 e. The molecule has 7 nitrogen and oxygen atoms in total. The van der Waals surface area contributed by atoms with Crippen LogP contribution in [0.1, 0.15) is 43.9 Å². The van der Waals surface area contributed by atoms with Gasteiger partial charge in [-0.05, 0) is 51.8 Å². The van der Waals surface area contributed by atoms with Crippen LogP contribution < -0.4 is 5.32 Å². The fourth-order valence-corrected chi connectivity index (χ4v) is 4.57. The monoisotopic (exact) mass is 473 g/mol. The van der Waals surface area contributed by atoms with Gasteiger partial charge in [0, 0.05) is 19.6 Å². The van der Waals surface area contributed by atoms with Gasteiger partial charge in [-0.25, -0.2) is 8.42 Å². The maximum atomic E-state index is 13.4. The molecular weight excluding hydrogens is 438 g/mol. The molecule has 1 atom stereocenters. The predicted molar refractivity (Wildman–Crippen MR) is 130 cm³/mol. The van der Waals surface area contributed by atoms with Gasteiger partial charge in [0.1, 0.15) is 6.04 Å². The second kappa shape index (κ2) is 11.4. The van der Waals surface area contributed by atoms with Crippen molar-refractivity contribution < 1.29 is 18.0 Å². The number of hydrogen-bond acceptors (Lipinski definition) is 4. The molecule has 1 N–H and O–H groups in total. The fourth-order valence-electron chi connectivity index (χ4n) is 3.45. The second-order valence-electron chi connectivity index (χ2n) is 8.67. The molecule has 0 bridgehead atoms. The van der Waals surface area contributed by atoms with Gasteiger partial charge in [0.2, 0.25) is 21.8 Å². The van der Waals surface area contributed by atoms with E-state index in [2.05, 4.69) is 5.32 Å². The normalized spacial score (nSPS) is 12.6. The number of sulfonamides is 1. The van der Waals surface area contributed by atoms with Crippen molar-refractivity contribution in [1.82, 2.24) is 14.5 Å². The van der Waals surface area contributed by atoms with Gasteiger partial charge < -0.3 is 10.2 Å². The smallest absolute Gasteiger partial charge is 0.243 e. The van der Waals surface area contributed by atoms with Crippen LogP contribution in [0, 0.1) is 13.8 Å². The Morgan fingerprint density at radius 1 is 0.939 bits per heavy atom. The third kappa shape index (κ3) is 7.14. The van der Waals surface area contributed by atoms with Gasteiger partial charge in [-0.1, -0.05) is 54.4 Å². The van der Waals surface area contributed by atoms with Gasteiger partial charge in [0.05, 0.1) is 11.4 Å². The molecular formula is C25H35N3O4S. The Balaban J connectivity index is 2.31. The number of amides is 2. The summed E-state index contributed by atoms with van der Waals surface area (Å²) in [5.41, 5.74) is 2.90. The van der Waals surface area contributed by atoms with Gasteiger partial charge >= 0.3 is 0 Å². The lowest BCUT2D eigenvalue weighted by Crippen LogP contribution is -2.52. The number of carbonyl (C=O) groups excluding carboxylic acids is 2. The summed E-state index contributed by atoms with van der Waals surface area (Å²) in [6, 6.07) is 13.4. The SMILES string of the molecule is CC[C@H](C(=O)NC(C)C)N(Cc1ccc(C)cc1)C(=O)CN(C)S(=O)(=O)c1ccc(C)cc1. The third-order valence-electron chi connectivity index (χ3n) is 5.38. The molecule has 0 aliphatic heterocycles. The lowest BCUT2D eigenvalue weighted by molar-refractivity contribution is -0.141. The van der Waals surface area contributed by atoms with Gasteiger partial charge in [0.25, 0.3) is 0 Å². The standard InChI is InChI=1S/C25H35N3O4S/c1-7-23(25(30)26-18(2)3)28(16-21-12-8-19(4)9-13-21)24(29)17-27(6)33(31,32)22-14-10-20(5)11-15-22/h8-15,18,23H,7,16-17H2,1-6H3,(H,26,30)/t23-/m1/s1. The highest BCUT2D eigenvalue weighted by Crippen LogP contribution is 2.18. The highest BCUT2D eigenvalue weighted by molar-refractivity contribution is 7.89. The average molecular weight is 474 g/mol. The number of nitrogens with one attached hydrogen (secondary N) is 1. The number of aryl methyl sites for hydroxylation is 2. The van der Waals surface area contributed by atoms with Crippen LogP contribution in [0.25, 0.3) is 0 Å². The molecule has 2 aromatic carbocycles. The third-order valence-corrected chi connectivity index (χ3v) is 7.20. The number of rotatable bonds is 10. The lowest BCUT2D eigenvalue weighted by atomic mass is 10.1. The first-order chi connectivity index (χ1) is 15.4. The minimum absolute atomic E-state index is 0.0764. The molecule has 0 saturated heterocycles. The summed E-state index contributed by atoms with van der Waals surface area (Å²) in [6.07, 6.45) is 0.407. The van der Waals surface area contributed by atoms with E-state index in [-0.39, 0.29) is 29.9 Å². The van der Waals surface area contributed by atoms with Crippen molar-refractivity contribution in [2.75, 3.05) is 13.6 Å².